The Hall–Kier alpha value is -1.16. The van der Waals surface area contributed by atoms with Crippen LogP contribution < -0.4 is 0 Å². The predicted molar refractivity (Wildman–Crippen MR) is 65.2 cm³/mol. The highest BCUT2D eigenvalue weighted by molar-refractivity contribution is 9.09. The average Bonchev–Trinajstić information content (AvgIpc) is 2.22. The molecule has 0 fully saturated rings. The highest BCUT2D eigenvalue weighted by Gasteiger charge is 2.05. The van der Waals surface area contributed by atoms with Crippen molar-refractivity contribution in [3.05, 3.63) is 41.2 Å². The lowest BCUT2D eigenvalue weighted by atomic mass is 10.0. The van der Waals surface area contributed by atoms with Crippen LogP contribution in [0.3, 0.4) is 0 Å². The summed E-state index contributed by atoms with van der Waals surface area (Å²) in [6.45, 7) is 0. The number of rotatable bonds is 5. The van der Waals surface area contributed by atoms with Crippen molar-refractivity contribution in [2.75, 3.05) is 5.33 Å². The summed E-state index contributed by atoms with van der Waals surface area (Å²) in [5.41, 5.74) is 1.25. The number of hydrogen-bond donors (Lipinski definition) is 1. The van der Waals surface area contributed by atoms with Crippen molar-refractivity contribution < 1.29 is 14.3 Å². The third kappa shape index (κ3) is 4.14. The van der Waals surface area contributed by atoms with E-state index in [1.54, 1.807) is 6.08 Å². The van der Waals surface area contributed by atoms with Gasteiger partial charge in [-0.25, -0.2) is 4.39 Å². The Morgan fingerprint density at radius 1 is 1.50 bits per heavy atom. The Kier molecular flexibility index (Phi) is 5.19. The van der Waals surface area contributed by atoms with E-state index in [9.17, 15) is 9.18 Å². The summed E-state index contributed by atoms with van der Waals surface area (Å²) in [6, 6.07) is 4.14. The molecule has 0 saturated carbocycles. The van der Waals surface area contributed by atoms with Gasteiger partial charge in [-0.05, 0) is 29.7 Å². The fourth-order valence-corrected chi connectivity index (χ4v) is 1.58. The zero-order valence-corrected chi connectivity index (χ0v) is 10.2. The summed E-state index contributed by atoms with van der Waals surface area (Å²) >= 11 is 3.28. The normalized spacial score (nSPS) is 10.9. The molecule has 0 atom stereocenters. The second-order valence-corrected chi connectivity index (χ2v) is 4.09. The molecule has 0 bridgehead atoms. The highest BCUT2D eigenvalue weighted by atomic mass is 79.9. The molecule has 2 nitrogen and oxygen atoms in total. The fourth-order valence-electron chi connectivity index (χ4n) is 1.32. The van der Waals surface area contributed by atoms with Gasteiger partial charge in [0.05, 0.1) is 6.42 Å². The minimum atomic E-state index is -0.915. The van der Waals surface area contributed by atoms with Gasteiger partial charge in [-0.2, -0.15) is 0 Å². The summed E-state index contributed by atoms with van der Waals surface area (Å²) in [4.78, 5) is 10.6. The summed E-state index contributed by atoms with van der Waals surface area (Å²) in [7, 11) is 0. The molecule has 0 aliphatic carbocycles. The van der Waals surface area contributed by atoms with E-state index in [4.69, 9.17) is 5.11 Å². The largest absolute Gasteiger partial charge is 0.481 e. The van der Waals surface area contributed by atoms with Crippen LogP contribution >= 0.6 is 15.9 Å². The molecule has 0 unspecified atom stereocenters. The molecular weight excluding hydrogens is 275 g/mol. The van der Waals surface area contributed by atoms with Crippen LogP contribution in [0.25, 0.3) is 6.08 Å². The molecule has 1 N–H and O–H groups in total. The number of carbonyl (C=O) groups is 1. The first kappa shape index (κ1) is 12.9. The molecule has 0 amide bonds. The molecule has 0 aliphatic rings. The zero-order chi connectivity index (χ0) is 12.0. The van der Waals surface area contributed by atoms with Crippen molar-refractivity contribution >= 4 is 28.0 Å². The van der Waals surface area contributed by atoms with Crippen LogP contribution in [0.2, 0.25) is 0 Å². The van der Waals surface area contributed by atoms with Gasteiger partial charge >= 0.3 is 5.97 Å². The van der Waals surface area contributed by atoms with Crippen LogP contribution in [0, 0.1) is 5.82 Å². The molecule has 0 aromatic heterocycles. The molecule has 0 aliphatic heterocycles. The van der Waals surface area contributed by atoms with Crippen LogP contribution in [-0.2, 0) is 11.2 Å². The molecule has 0 spiro atoms. The Balaban J connectivity index is 2.93. The summed E-state index contributed by atoms with van der Waals surface area (Å²) in [5, 5.41) is 9.53. The lowest BCUT2D eigenvalue weighted by Crippen LogP contribution is -2.02. The molecule has 0 saturated heterocycles. The first-order valence-electron chi connectivity index (χ1n) is 4.86. The lowest BCUT2D eigenvalue weighted by Gasteiger charge is -2.03. The molecular formula is C12H12BrFO2. The van der Waals surface area contributed by atoms with E-state index < -0.39 is 5.97 Å². The average molecular weight is 287 g/mol. The molecule has 4 heteroatoms. The third-order valence-corrected chi connectivity index (χ3v) is 2.48. The van der Waals surface area contributed by atoms with E-state index in [2.05, 4.69) is 15.9 Å². The first-order chi connectivity index (χ1) is 7.63. The van der Waals surface area contributed by atoms with Gasteiger partial charge in [-0.15, -0.1) is 0 Å². The Morgan fingerprint density at radius 2 is 2.25 bits per heavy atom. The SMILES string of the molecule is O=C(O)Cc1ccc(F)cc1C=CCCBr. The quantitative estimate of drug-likeness (QED) is 0.844. The number of aliphatic carboxylic acids is 1. The van der Waals surface area contributed by atoms with E-state index in [1.807, 2.05) is 6.08 Å². The maximum absolute atomic E-state index is 13.0. The molecule has 1 aromatic carbocycles. The number of alkyl halides is 1. The van der Waals surface area contributed by atoms with E-state index >= 15 is 0 Å². The van der Waals surface area contributed by atoms with Gasteiger partial charge in [-0.1, -0.05) is 34.1 Å². The molecule has 86 valence electrons. The number of carboxylic acids is 1. The minimum absolute atomic E-state index is 0.0890. The van der Waals surface area contributed by atoms with Gasteiger partial charge < -0.3 is 5.11 Å². The maximum atomic E-state index is 13.0. The summed E-state index contributed by atoms with van der Waals surface area (Å²) in [5.74, 6) is -1.27. The van der Waals surface area contributed by atoms with Gasteiger partial charge in [0.25, 0.3) is 0 Å². The monoisotopic (exact) mass is 286 g/mol. The van der Waals surface area contributed by atoms with Crippen LogP contribution in [0.5, 0.6) is 0 Å². The standard InChI is InChI=1S/C12H12BrFO2/c13-6-2-1-3-9-7-11(14)5-4-10(9)8-12(15)16/h1,3-5,7H,2,6,8H2,(H,15,16). The number of hydrogen-bond acceptors (Lipinski definition) is 1. The Bertz CT molecular complexity index is 402. The minimum Gasteiger partial charge on any atom is -0.481 e. The molecule has 1 rings (SSSR count). The van der Waals surface area contributed by atoms with Crippen LogP contribution in [0.1, 0.15) is 17.5 Å². The molecule has 16 heavy (non-hydrogen) atoms. The third-order valence-electron chi connectivity index (χ3n) is 2.02. The van der Waals surface area contributed by atoms with Gasteiger partial charge in [0.1, 0.15) is 5.82 Å². The number of halogens is 2. The Morgan fingerprint density at radius 3 is 2.88 bits per heavy atom. The second kappa shape index (κ2) is 6.43. The fraction of sp³-hybridized carbons (Fsp3) is 0.250. The van der Waals surface area contributed by atoms with Crippen LogP contribution in [0.4, 0.5) is 4.39 Å². The van der Waals surface area contributed by atoms with Crippen LogP contribution in [-0.4, -0.2) is 16.4 Å². The summed E-state index contributed by atoms with van der Waals surface area (Å²) < 4.78 is 13.0. The predicted octanol–water partition coefficient (Wildman–Crippen LogP) is 3.25. The number of carboxylic acid groups (broad SMARTS) is 1. The van der Waals surface area contributed by atoms with Crippen molar-refractivity contribution in [3.63, 3.8) is 0 Å². The van der Waals surface area contributed by atoms with Gasteiger partial charge in [0.15, 0.2) is 0 Å². The lowest BCUT2D eigenvalue weighted by molar-refractivity contribution is -0.136. The summed E-state index contributed by atoms with van der Waals surface area (Å²) in [6.07, 6.45) is 4.37. The highest BCUT2D eigenvalue weighted by Crippen LogP contribution is 2.14. The van der Waals surface area contributed by atoms with Crippen LogP contribution in [0.15, 0.2) is 24.3 Å². The van der Waals surface area contributed by atoms with E-state index in [-0.39, 0.29) is 12.2 Å². The van der Waals surface area contributed by atoms with E-state index in [0.29, 0.717) is 11.1 Å². The number of benzene rings is 1. The van der Waals surface area contributed by atoms with Crippen molar-refractivity contribution in [3.8, 4) is 0 Å². The maximum Gasteiger partial charge on any atom is 0.307 e. The topological polar surface area (TPSA) is 37.3 Å². The van der Waals surface area contributed by atoms with Gasteiger partial charge in [0, 0.05) is 5.33 Å². The van der Waals surface area contributed by atoms with E-state index in [0.717, 1.165) is 11.8 Å². The second-order valence-electron chi connectivity index (χ2n) is 3.29. The van der Waals surface area contributed by atoms with Gasteiger partial charge in [-0.3, -0.25) is 4.79 Å². The first-order valence-corrected chi connectivity index (χ1v) is 5.98. The van der Waals surface area contributed by atoms with Crippen molar-refractivity contribution in [1.29, 1.82) is 0 Å². The molecule has 0 radical (unpaired) electrons. The number of allylic oxidation sites excluding steroid dienone is 1. The molecule has 1 aromatic rings. The van der Waals surface area contributed by atoms with E-state index in [1.165, 1.54) is 18.2 Å². The van der Waals surface area contributed by atoms with Gasteiger partial charge in [0.2, 0.25) is 0 Å². The smallest absolute Gasteiger partial charge is 0.307 e. The Labute approximate surface area is 102 Å². The van der Waals surface area contributed by atoms with Crippen molar-refractivity contribution in [1.82, 2.24) is 0 Å². The zero-order valence-electron chi connectivity index (χ0n) is 8.62. The van der Waals surface area contributed by atoms with Crippen molar-refractivity contribution in [2.45, 2.75) is 12.8 Å². The van der Waals surface area contributed by atoms with Crippen molar-refractivity contribution in [2.24, 2.45) is 0 Å². The molecule has 0 heterocycles.